The maximum absolute atomic E-state index is 12.5. The van der Waals surface area contributed by atoms with E-state index in [4.69, 9.17) is 16.3 Å². The summed E-state index contributed by atoms with van der Waals surface area (Å²) < 4.78 is 32.2. The molecule has 9 heteroatoms. The maximum Gasteiger partial charge on any atom is 0.324 e. The molecule has 0 radical (unpaired) electrons. The number of ether oxygens (including phenoxy) is 1. The molecule has 150 valence electrons. The van der Waals surface area contributed by atoms with Gasteiger partial charge >= 0.3 is 5.97 Å². The van der Waals surface area contributed by atoms with E-state index in [0.29, 0.717) is 10.7 Å². The van der Waals surface area contributed by atoms with Gasteiger partial charge in [-0.2, -0.15) is 4.72 Å². The van der Waals surface area contributed by atoms with E-state index in [-0.39, 0.29) is 4.90 Å². The first-order valence-corrected chi connectivity index (χ1v) is 10.3. The van der Waals surface area contributed by atoms with Gasteiger partial charge in [0.05, 0.1) is 15.6 Å². The van der Waals surface area contributed by atoms with Crippen molar-refractivity contribution in [3.63, 3.8) is 0 Å². The zero-order valence-corrected chi connectivity index (χ0v) is 17.0. The molecule has 1 atom stereocenters. The summed E-state index contributed by atoms with van der Waals surface area (Å²) >= 11 is 5.95. The SMILES string of the molecule is CC(C)C(NS(=O)(=O)c1ccccc1)C(=O)OCC(=O)Nc1ccccc1Cl. The molecule has 0 heterocycles. The second-order valence-electron chi connectivity index (χ2n) is 6.29. The van der Waals surface area contributed by atoms with Crippen LogP contribution in [0.2, 0.25) is 5.02 Å². The summed E-state index contributed by atoms with van der Waals surface area (Å²) in [6, 6.07) is 13.2. The molecule has 0 saturated heterocycles. The molecule has 0 bridgehead atoms. The molecule has 2 aromatic carbocycles. The zero-order valence-electron chi connectivity index (χ0n) is 15.4. The van der Waals surface area contributed by atoms with Gasteiger partial charge < -0.3 is 10.1 Å². The van der Waals surface area contributed by atoms with E-state index in [1.54, 1.807) is 56.3 Å². The van der Waals surface area contributed by atoms with Gasteiger partial charge in [-0.3, -0.25) is 9.59 Å². The van der Waals surface area contributed by atoms with Crippen molar-refractivity contribution >= 4 is 39.2 Å². The molecule has 0 aliphatic rings. The van der Waals surface area contributed by atoms with Crippen molar-refractivity contribution < 1.29 is 22.7 Å². The van der Waals surface area contributed by atoms with Gasteiger partial charge in [0.1, 0.15) is 6.04 Å². The number of nitrogens with one attached hydrogen (secondary N) is 2. The fourth-order valence-corrected chi connectivity index (χ4v) is 3.80. The van der Waals surface area contributed by atoms with Crippen molar-refractivity contribution in [3.8, 4) is 0 Å². The number of halogens is 1. The average molecular weight is 425 g/mol. The lowest BCUT2D eigenvalue weighted by Gasteiger charge is -2.20. The minimum absolute atomic E-state index is 0.0323. The summed E-state index contributed by atoms with van der Waals surface area (Å²) in [5.41, 5.74) is 0.385. The molecule has 0 aromatic heterocycles. The Labute approximate surface area is 169 Å². The molecular formula is C19H21ClN2O5S. The van der Waals surface area contributed by atoms with Gasteiger partial charge in [0.25, 0.3) is 5.91 Å². The number of sulfonamides is 1. The van der Waals surface area contributed by atoms with Crippen LogP contribution in [0.5, 0.6) is 0 Å². The van der Waals surface area contributed by atoms with E-state index >= 15 is 0 Å². The lowest BCUT2D eigenvalue weighted by atomic mass is 10.1. The number of anilines is 1. The number of carbonyl (C=O) groups is 2. The predicted molar refractivity (Wildman–Crippen MR) is 106 cm³/mol. The van der Waals surface area contributed by atoms with Crippen LogP contribution in [0.25, 0.3) is 0 Å². The topological polar surface area (TPSA) is 102 Å². The summed E-state index contributed by atoms with van der Waals surface area (Å²) in [6.45, 7) is 2.77. The smallest absolute Gasteiger partial charge is 0.324 e. The van der Waals surface area contributed by atoms with Gasteiger partial charge in [0.15, 0.2) is 6.61 Å². The molecule has 0 aliphatic heterocycles. The van der Waals surface area contributed by atoms with E-state index in [1.165, 1.54) is 12.1 Å². The fraction of sp³-hybridized carbons (Fsp3) is 0.263. The highest BCUT2D eigenvalue weighted by Gasteiger charge is 2.30. The van der Waals surface area contributed by atoms with Crippen LogP contribution in [0.3, 0.4) is 0 Å². The normalized spacial score (nSPS) is 12.4. The lowest BCUT2D eigenvalue weighted by molar-refractivity contribution is -0.150. The molecule has 1 unspecified atom stereocenters. The number of benzene rings is 2. The van der Waals surface area contributed by atoms with Gasteiger partial charge in [-0.25, -0.2) is 8.42 Å². The highest BCUT2D eigenvalue weighted by Crippen LogP contribution is 2.20. The highest BCUT2D eigenvalue weighted by molar-refractivity contribution is 7.89. The molecule has 1 amide bonds. The van der Waals surface area contributed by atoms with E-state index in [9.17, 15) is 18.0 Å². The third-order valence-corrected chi connectivity index (χ3v) is 5.54. The van der Waals surface area contributed by atoms with Crippen LogP contribution in [0, 0.1) is 5.92 Å². The lowest BCUT2D eigenvalue weighted by Crippen LogP contribution is -2.45. The van der Waals surface area contributed by atoms with Crippen LogP contribution in [-0.4, -0.2) is 32.9 Å². The predicted octanol–water partition coefficient (Wildman–Crippen LogP) is 2.82. The molecule has 0 aliphatic carbocycles. The standard InChI is InChI=1S/C19H21ClN2O5S/c1-13(2)18(22-28(25,26)14-8-4-3-5-9-14)19(24)27-12-17(23)21-16-11-7-6-10-15(16)20/h3-11,13,18,22H,12H2,1-2H3,(H,21,23). The third kappa shape index (κ3) is 6.05. The Morgan fingerprint density at radius 1 is 1.04 bits per heavy atom. The van der Waals surface area contributed by atoms with Crippen LogP contribution >= 0.6 is 11.6 Å². The zero-order chi connectivity index (χ0) is 20.7. The summed E-state index contributed by atoms with van der Waals surface area (Å²) in [6.07, 6.45) is 0. The van der Waals surface area contributed by atoms with Crippen molar-refractivity contribution in [2.75, 3.05) is 11.9 Å². The first-order valence-electron chi connectivity index (χ1n) is 8.49. The maximum atomic E-state index is 12.5. The van der Waals surface area contributed by atoms with E-state index in [0.717, 1.165) is 0 Å². The summed E-state index contributed by atoms with van der Waals surface area (Å²) in [5, 5.41) is 2.87. The Morgan fingerprint density at radius 3 is 2.25 bits per heavy atom. The number of para-hydroxylation sites is 1. The number of rotatable bonds is 8. The minimum atomic E-state index is -3.91. The fourth-order valence-electron chi connectivity index (χ4n) is 2.27. The first kappa shape index (κ1) is 21.9. The monoisotopic (exact) mass is 424 g/mol. The number of esters is 1. The summed E-state index contributed by atoms with van der Waals surface area (Å²) in [5.74, 6) is -1.82. The van der Waals surface area contributed by atoms with Crippen molar-refractivity contribution in [3.05, 3.63) is 59.6 Å². The number of hydrogen-bond donors (Lipinski definition) is 2. The number of hydrogen-bond acceptors (Lipinski definition) is 5. The van der Waals surface area contributed by atoms with Crippen molar-refractivity contribution in [2.45, 2.75) is 24.8 Å². The van der Waals surface area contributed by atoms with Gasteiger partial charge in [0, 0.05) is 0 Å². The highest BCUT2D eigenvalue weighted by atomic mass is 35.5. The van der Waals surface area contributed by atoms with Crippen LogP contribution in [0.15, 0.2) is 59.5 Å². The quantitative estimate of drug-likeness (QED) is 0.634. The second kappa shape index (κ2) is 9.68. The van der Waals surface area contributed by atoms with Crippen molar-refractivity contribution in [1.82, 2.24) is 4.72 Å². The van der Waals surface area contributed by atoms with Crippen LogP contribution in [-0.2, 0) is 24.3 Å². The van der Waals surface area contributed by atoms with Crippen LogP contribution < -0.4 is 10.0 Å². The van der Waals surface area contributed by atoms with Gasteiger partial charge in [-0.1, -0.05) is 55.8 Å². The Balaban J connectivity index is 1.99. The van der Waals surface area contributed by atoms with E-state index in [2.05, 4.69) is 10.0 Å². The van der Waals surface area contributed by atoms with Crippen molar-refractivity contribution in [2.24, 2.45) is 5.92 Å². The van der Waals surface area contributed by atoms with E-state index in [1.807, 2.05) is 0 Å². The first-order chi connectivity index (χ1) is 13.2. The molecule has 7 nitrogen and oxygen atoms in total. The van der Waals surface area contributed by atoms with Gasteiger partial charge in [0.2, 0.25) is 10.0 Å². The Kier molecular flexibility index (Phi) is 7.56. The molecule has 0 fully saturated rings. The largest absolute Gasteiger partial charge is 0.454 e. The molecule has 0 spiro atoms. The molecule has 2 aromatic rings. The Hall–Kier alpha value is -2.42. The Bertz CT molecular complexity index is 932. The number of carbonyl (C=O) groups excluding carboxylic acids is 2. The van der Waals surface area contributed by atoms with Gasteiger partial charge in [-0.05, 0) is 30.2 Å². The minimum Gasteiger partial charge on any atom is -0.454 e. The second-order valence-corrected chi connectivity index (χ2v) is 8.41. The molecule has 2 N–H and O–H groups in total. The summed E-state index contributed by atoms with van der Waals surface area (Å²) in [4.78, 5) is 24.4. The van der Waals surface area contributed by atoms with Crippen molar-refractivity contribution in [1.29, 1.82) is 0 Å². The third-order valence-electron chi connectivity index (χ3n) is 3.75. The Morgan fingerprint density at radius 2 is 1.64 bits per heavy atom. The van der Waals surface area contributed by atoms with Gasteiger partial charge in [-0.15, -0.1) is 0 Å². The average Bonchev–Trinajstić information content (AvgIpc) is 2.66. The molecule has 0 saturated carbocycles. The summed E-state index contributed by atoms with van der Waals surface area (Å²) in [7, 11) is -3.91. The molecule has 28 heavy (non-hydrogen) atoms. The molecule has 2 rings (SSSR count). The molecular weight excluding hydrogens is 404 g/mol. The van der Waals surface area contributed by atoms with E-state index < -0.39 is 40.5 Å². The number of amides is 1. The van der Waals surface area contributed by atoms with Crippen LogP contribution in [0.4, 0.5) is 5.69 Å². The van der Waals surface area contributed by atoms with Crippen LogP contribution in [0.1, 0.15) is 13.8 Å².